The van der Waals surface area contributed by atoms with Gasteiger partial charge in [0.25, 0.3) is 0 Å². The van der Waals surface area contributed by atoms with Crippen molar-refractivity contribution in [1.82, 2.24) is 5.32 Å². The van der Waals surface area contributed by atoms with Crippen molar-refractivity contribution in [1.29, 1.82) is 0 Å². The Morgan fingerprint density at radius 1 is 0.885 bits per heavy atom. The number of hydrogen-bond acceptors (Lipinski definition) is 4. The lowest BCUT2D eigenvalue weighted by molar-refractivity contribution is -0.159. The summed E-state index contributed by atoms with van der Waals surface area (Å²) in [4.78, 5) is 29.3. The van der Waals surface area contributed by atoms with Gasteiger partial charge in [-0.3, -0.25) is 4.79 Å². The van der Waals surface area contributed by atoms with Crippen LogP contribution in [0.1, 0.15) is 27.9 Å². The first-order valence-corrected chi connectivity index (χ1v) is 7.99. The van der Waals surface area contributed by atoms with E-state index in [0.29, 0.717) is 5.56 Å². The number of rotatable bonds is 7. The van der Waals surface area contributed by atoms with Crippen LogP contribution in [0, 0.1) is 0 Å². The first kappa shape index (κ1) is 20.9. The number of amides is 1. The maximum absolute atomic E-state index is 11.1. The molecule has 0 heterocycles. The molecule has 0 aromatic heterocycles. The topological polar surface area (TPSA) is 130 Å². The SMILES string of the molecule is NC(=O)c1cccc(CCCNCc2ccccc2)c1.O=C(O)C(=O)O. The first-order valence-electron chi connectivity index (χ1n) is 7.99. The second-order valence-electron chi connectivity index (χ2n) is 5.44. The van der Waals surface area contributed by atoms with Crippen LogP contribution in [-0.4, -0.2) is 34.6 Å². The molecule has 0 saturated heterocycles. The third-order valence-electron chi connectivity index (χ3n) is 3.39. The van der Waals surface area contributed by atoms with Gasteiger partial charge >= 0.3 is 11.9 Å². The Morgan fingerprint density at radius 2 is 1.50 bits per heavy atom. The van der Waals surface area contributed by atoms with E-state index in [4.69, 9.17) is 25.5 Å². The van der Waals surface area contributed by atoms with Crippen LogP contribution in [0.2, 0.25) is 0 Å². The van der Waals surface area contributed by atoms with Crippen molar-refractivity contribution in [2.45, 2.75) is 19.4 Å². The normalized spacial score (nSPS) is 9.69. The van der Waals surface area contributed by atoms with Gasteiger partial charge in [-0.2, -0.15) is 0 Å². The zero-order chi connectivity index (χ0) is 19.4. The summed E-state index contributed by atoms with van der Waals surface area (Å²) in [5.41, 5.74) is 8.31. The Balaban J connectivity index is 0.000000487. The summed E-state index contributed by atoms with van der Waals surface area (Å²) in [6.45, 7) is 1.85. The molecule has 0 aliphatic heterocycles. The molecule has 0 aliphatic carbocycles. The van der Waals surface area contributed by atoms with Crippen molar-refractivity contribution in [3.8, 4) is 0 Å². The Hall–Kier alpha value is -3.19. The van der Waals surface area contributed by atoms with Crippen molar-refractivity contribution in [2.75, 3.05) is 6.54 Å². The van der Waals surface area contributed by atoms with Crippen molar-refractivity contribution >= 4 is 17.8 Å². The number of aliphatic carboxylic acids is 2. The molecule has 0 fully saturated rings. The van der Waals surface area contributed by atoms with Crippen LogP contribution in [0.25, 0.3) is 0 Å². The van der Waals surface area contributed by atoms with Gasteiger partial charge in [-0.25, -0.2) is 9.59 Å². The molecule has 138 valence electrons. The van der Waals surface area contributed by atoms with Crippen molar-refractivity contribution in [3.05, 3.63) is 71.3 Å². The second kappa shape index (κ2) is 11.4. The van der Waals surface area contributed by atoms with Gasteiger partial charge in [-0.05, 0) is 42.6 Å². The van der Waals surface area contributed by atoms with Crippen LogP contribution in [0.15, 0.2) is 54.6 Å². The monoisotopic (exact) mass is 358 g/mol. The number of nitrogens with two attached hydrogens (primary N) is 1. The van der Waals surface area contributed by atoms with Gasteiger partial charge in [0.2, 0.25) is 5.91 Å². The molecule has 0 saturated carbocycles. The Labute approximate surface area is 151 Å². The molecule has 7 heteroatoms. The van der Waals surface area contributed by atoms with Gasteiger partial charge in [-0.1, -0.05) is 42.5 Å². The van der Waals surface area contributed by atoms with E-state index < -0.39 is 11.9 Å². The second-order valence-corrected chi connectivity index (χ2v) is 5.44. The van der Waals surface area contributed by atoms with Crippen molar-refractivity contribution in [3.63, 3.8) is 0 Å². The minimum atomic E-state index is -1.82. The number of carbonyl (C=O) groups excluding carboxylic acids is 1. The fourth-order valence-corrected chi connectivity index (χ4v) is 2.13. The minimum absolute atomic E-state index is 0.367. The van der Waals surface area contributed by atoms with E-state index in [1.54, 1.807) is 6.07 Å². The summed E-state index contributed by atoms with van der Waals surface area (Å²) in [5.74, 6) is -4.01. The van der Waals surface area contributed by atoms with Crippen molar-refractivity contribution < 1.29 is 24.6 Å². The van der Waals surface area contributed by atoms with Crippen molar-refractivity contribution in [2.24, 2.45) is 5.73 Å². The average molecular weight is 358 g/mol. The maximum atomic E-state index is 11.1. The molecule has 2 rings (SSSR count). The standard InChI is InChI=1S/C17H20N2O.C2H2O4/c18-17(20)16-10-4-8-14(12-16)9-5-11-19-13-15-6-2-1-3-7-15;3-1(4)2(5)6/h1-4,6-8,10,12,19H,5,9,11,13H2,(H2,18,20);(H,3,4)(H,5,6). The average Bonchev–Trinajstić information content (AvgIpc) is 2.63. The lowest BCUT2D eigenvalue weighted by Gasteiger charge is -2.06. The van der Waals surface area contributed by atoms with Gasteiger partial charge < -0.3 is 21.3 Å². The molecule has 0 aliphatic rings. The number of benzene rings is 2. The summed E-state index contributed by atoms with van der Waals surface area (Å²) < 4.78 is 0. The van der Waals surface area contributed by atoms with E-state index in [2.05, 4.69) is 17.4 Å². The van der Waals surface area contributed by atoms with Crippen LogP contribution in [0.3, 0.4) is 0 Å². The number of hydrogen-bond donors (Lipinski definition) is 4. The summed E-state index contributed by atoms with van der Waals surface area (Å²) >= 11 is 0. The van der Waals surface area contributed by atoms with Gasteiger partial charge in [-0.15, -0.1) is 0 Å². The van der Waals surface area contributed by atoms with Crippen LogP contribution in [-0.2, 0) is 22.6 Å². The molecular weight excluding hydrogens is 336 g/mol. The van der Waals surface area contributed by atoms with Crippen LogP contribution < -0.4 is 11.1 Å². The van der Waals surface area contributed by atoms with E-state index >= 15 is 0 Å². The van der Waals surface area contributed by atoms with E-state index in [0.717, 1.165) is 31.5 Å². The molecule has 0 radical (unpaired) electrons. The Bertz CT molecular complexity index is 720. The fraction of sp³-hybridized carbons (Fsp3) is 0.211. The van der Waals surface area contributed by atoms with Crippen LogP contribution in [0.5, 0.6) is 0 Å². The highest BCUT2D eigenvalue weighted by Gasteiger charge is 2.04. The highest BCUT2D eigenvalue weighted by atomic mass is 16.4. The Kier molecular flexibility index (Phi) is 9.13. The highest BCUT2D eigenvalue weighted by molar-refractivity contribution is 6.27. The molecule has 2 aromatic carbocycles. The zero-order valence-corrected chi connectivity index (χ0v) is 14.2. The van der Waals surface area contributed by atoms with E-state index in [1.807, 2.05) is 36.4 Å². The quantitative estimate of drug-likeness (QED) is 0.440. The third-order valence-corrected chi connectivity index (χ3v) is 3.39. The molecule has 2 aromatic rings. The lowest BCUT2D eigenvalue weighted by Crippen LogP contribution is -2.15. The Morgan fingerprint density at radius 3 is 2.08 bits per heavy atom. The molecule has 0 atom stereocenters. The van der Waals surface area contributed by atoms with Crippen LogP contribution in [0.4, 0.5) is 0 Å². The molecule has 7 nitrogen and oxygen atoms in total. The molecule has 26 heavy (non-hydrogen) atoms. The van der Waals surface area contributed by atoms with E-state index in [1.165, 1.54) is 5.56 Å². The largest absolute Gasteiger partial charge is 0.473 e. The summed E-state index contributed by atoms with van der Waals surface area (Å²) in [7, 11) is 0. The number of primary amides is 1. The van der Waals surface area contributed by atoms with E-state index in [-0.39, 0.29) is 5.91 Å². The summed E-state index contributed by atoms with van der Waals surface area (Å²) in [6, 6.07) is 17.9. The lowest BCUT2D eigenvalue weighted by atomic mass is 10.1. The molecule has 5 N–H and O–H groups in total. The van der Waals surface area contributed by atoms with Gasteiger partial charge in [0.05, 0.1) is 0 Å². The smallest absolute Gasteiger partial charge is 0.414 e. The highest BCUT2D eigenvalue weighted by Crippen LogP contribution is 2.07. The predicted molar refractivity (Wildman–Crippen MR) is 96.7 cm³/mol. The number of carbonyl (C=O) groups is 3. The molecular formula is C19H22N2O5. The fourth-order valence-electron chi connectivity index (χ4n) is 2.13. The zero-order valence-electron chi connectivity index (χ0n) is 14.2. The summed E-state index contributed by atoms with van der Waals surface area (Å²) in [5, 5.41) is 18.2. The van der Waals surface area contributed by atoms with Gasteiger partial charge in [0.15, 0.2) is 0 Å². The molecule has 0 spiro atoms. The number of carboxylic acids is 2. The maximum Gasteiger partial charge on any atom is 0.414 e. The number of nitrogens with one attached hydrogen (secondary N) is 1. The van der Waals surface area contributed by atoms with Gasteiger partial charge in [0, 0.05) is 12.1 Å². The summed E-state index contributed by atoms with van der Waals surface area (Å²) in [6.07, 6.45) is 1.98. The molecule has 0 unspecified atom stereocenters. The predicted octanol–water partition coefficient (Wildman–Crippen LogP) is 1.66. The minimum Gasteiger partial charge on any atom is -0.473 e. The number of aryl methyl sites for hydroxylation is 1. The molecule has 0 bridgehead atoms. The van der Waals surface area contributed by atoms with E-state index in [9.17, 15) is 4.79 Å². The van der Waals surface area contributed by atoms with Crippen LogP contribution >= 0.6 is 0 Å². The number of carboxylic acid groups (broad SMARTS) is 2. The first-order chi connectivity index (χ1) is 12.4. The molecule has 1 amide bonds. The van der Waals surface area contributed by atoms with Gasteiger partial charge in [0.1, 0.15) is 0 Å². The third kappa shape index (κ3) is 8.60.